The lowest BCUT2D eigenvalue weighted by molar-refractivity contribution is 0.415. The summed E-state index contributed by atoms with van der Waals surface area (Å²) in [6.45, 7) is 1.79. The third kappa shape index (κ3) is 7.11. The normalized spacial score (nSPS) is 14.7. The standard InChI is InChI=1S/C22H34ClN7O/c1-24-13-8-14-30(2)22-28-20(25-16-9-6-4-5-7-10-16)27-21(29-22)26-17-11-12-19(31-3)18(23)15-17/h11-12,15-16,24H,4-10,13-14H2,1-3H3,(H2,25,26,27,28,29). The molecule has 1 saturated carbocycles. The van der Waals surface area contributed by atoms with Crippen LogP contribution in [0.1, 0.15) is 44.9 Å². The van der Waals surface area contributed by atoms with Crippen LogP contribution >= 0.6 is 11.6 Å². The number of aromatic nitrogens is 3. The van der Waals surface area contributed by atoms with Gasteiger partial charge in [-0.25, -0.2) is 0 Å². The van der Waals surface area contributed by atoms with Crippen LogP contribution in [-0.4, -0.2) is 55.3 Å². The molecular formula is C22H34ClN7O. The minimum atomic E-state index is 0.399. The van der Waals surface area contributed by atoms with Crippen molar-refractivity contribution in [2.75, 3.05) is 49.8 Å². The van der Waals surface area contributed by atoms with Crippen LogP contribution in [0.25, 0.3) is 0 Å². The van der Waals surface area contributed by atoms with Crippen LogP contribution in [0.5, 0.6) is 5.75 Å². The lowest BCUT2D eigenvalue weighted by Gasteiger charge is -2.21. The first kappa shape index (κ1) is 23.3. The average Bonchev–Trinajstić information content (AvgIpc) is 3.02. The number of hydrogen-bond acceptors (Lipinski definition) is 8. The first-order valence-electron chi connectivity index (χ1n) is 11.1. The number of anilines is 4. The average molecular weight is 448 g/mol. The van der Waals surface area contributed by atoms with Crippen molar-refractivity contribution in [3.63, 3.8) is 0 Å². The van der Waals surface area contributed by atoms with Gasteiger partial charge < -0.3 is 25.6 Å². The highest BCUT2D eigenvalue weighted by Crippen LogP contribution is 2.29. The molecular weight excluding hydrogens is 414 g/mol. The number of rotatable bonds is 10. The van der Waals surface area contributed by atoms with Crippen molar-refractivity contribution in [3.05, 3.63) is 23.2 Å². The lowest BCUT2D eigenvalue weighted by atomic mass is 10.1. The molecule has 0 atom stereocenters. The van der Waals surface area contributed by atoms with Crippen molar-refractivity contribution in [1.29, 1.82) is 0 Å². The van der Waals surface area contributed by atoms with E-state index in [2.05, 4.69) is 30.8 Å². The number of nitrogens with one attached hydrogen (secondary N) is 3. The van der Waals surface area contributed by atoms with Crippen molar-refractivity contribution in [2.24, 2.45) is 0 Å². The Bertz CT molecular complexity index is 828. The number of nitrogens with zero attached hydrogens (tertiary/aromatic N) is 4. The summed E-state index contributed by atoms with van der Waals surface area (Å²) in [4.78, 5) is 16.1. The molecule has 170 valence electrons. The molecule has 0 saturated heterocycles. The van der Waals surface area contributed by atoms with Gasteiger partial charge in [0.15, 0.2) is 0 Å². The van der Waals surface area contributed by atoms with E-state index < -0.39 is 0 Å². The van der Waals surface area contributed by atoms with E-state index >= 15 is 0 Å². The molecule has 0 amide bonds. The minimum Gasteiger partial charge on any atom is -0.495 e. The number of methoxy groups -OCH3 is 1. The van der Waals surface area contributed by atoms with Crippen LogP contribution in [0.3, 0.4) is 0 Å². The molecule has 3 N–H and O–H groups in total. The van der Waals surface area contributed by atoms with Crippen molar-refractivity contribution < 1.29 is 4.74 Å². The Kier molecular flexibility index (Phi) is 8.97. The van der Waals surface area contributed by atoms with Gasteiger partial charge in [0.25, 0.3) is 0 Å². The van der Waals surface area contributed by atoms with Crippen molar-refractivity contribution in [1.82, 2.24) is 20.3 Å². The summed E-state index contributed by atoms with van der Waals surface area (Å²) in [5, 5.41) is 10.5. The fourth-order valence-corrected chi connectivity index (χ4v) is 3.99. The first-order valence-corrected chi connectivity index (χ1v) is 11.5. The van der Waals surface area contributed by atoms with Gasteiger partial charge in [-0.05, 0) is 51.1 Å². The molecule has 0 spiro atoms. The maximum absolute atomic E-state index is 6.28. The van der Waals surface area contributed by atoms with Gasteiger partial charge in [0.05, 0.1) is 12.1 Å². The molecule has 1 heterocycles. The van der Waals surface area contributed by atoms with E-state index in [-0.39, 0.29) is 0 Å². The van der Waals surface area contributed by atoms with Gasteiger partial charge >= 0.3 is 0 Å². The summed E-state index contributed by atoms with van der Waals surface area (Å²) < 4.78 is 5.24. The van der Waals surface area contributed by atoms with E-state index in [1.54, 1.807) is 13.2 Å². The minimum absolute atomic E-state index is 0.399. The Morgan fingerprint density at radius 2 is 1.84 bits per heavy atom. The molecule has 0 bridgehead atoms. The summed E-state index contributed by atoms with van der Waals surface area (Å²) in [7, 11) is 5.57. The Hall–Kier alpha value is -2.32. The first-order chi connectivity index (χ1) is 15.1. The highest BCUT2D eigenvalue weighted by atomic mass is 35.5. The van der Waals surface area contributed by atoms with E-state index in [4.69, 9.17) is 21.3 Å². The second-order valence-electron chi connectivity index (χ2n) is 7.97. The van der Waals surface area contributed by atoms with E-state index in [9.17, 15) is 0 Å². The number of ether oxygens (including phenoxy) is 1. The third-order valence-corrected chi connectivity index (χ3v) is 5.78. The largest absolute Gasteiger partial charge is 0.495 e. The van der Waals surface area contributed by atoms with Crippen LogP contribution < -0.4 is 25.6 Å². The van der Waals surface area contributed by atoms with Gasteiger partial charge in [-0.1, -0.05) is 37.3 Å². The molecule has 1 aliphatic carbocycles. The molecule has 0 aliphatic heterocycles. The summed E-state index contributed by atoms with van der Waals surface area (Å²) in [6.07, 6.45) is 8.40. The molecule has 31 heavy (non-hydrogen) atoms. The third-order valence-electron chi connectivity index (χ3n) is 5.48. The topological polar surface area (TPSA) is 87.2 Å². The number of hydrogen-bond donors (Lipinski definition) is 3. The van der Waals surface area contributed by atoms with E-state index in [1.807, 2.05) is 26.2 Å². The molecule has 1 fully saturated rings. The Balaban J connectivity index is 1.81. The van der Waals surface area contributed by atoms with Gasteiger partial charge in [0, 0.05) is 25.3 Å². The smallest absolute Gasteiger partial charge is 0.233 e. The maximum Gasteiger partial charge on any atom is 0.233 e. The van der Waals surface area contributed by atoms with Gasteiger partial charge in [-0.3, -0.25) is 0 Å². The van der Waals surface area contributed by atoms with Crippen molar-refractivity contribution >= 4 is 35.1 Å². The Labute approximate surface area is 190 Å². The molecule has 8 nitrogen and oxygen atoms in total. The van der Waals surface area contributed by atoms with Gasteiger partial charge in [0.1, 0.15) is 5.75 Å². The lowest BCUT2D eigenvalue weighted by Crippen LogP contribution is -2.26. The molecule has 9 heteroatoms. The molecule has 1 aromatic carbocycles. The van der Waals surface area contributed by atoms with E-state index in [1.165, 1.54) is 25.7 Å². The fourth-order valence-electron chi connectivity index (χ4n) is 3.73. The molecule has 3 rings (SSSR count). The zero-order valence-corrected chi connectivity index (χ0v) is 19.5. The Morgan fingerprint density at radius 1 is 1.10 bits per heavy atom. The Morgan fingerprint density at radius 3 is 2.52 bits per heavy atom. The molecule has 1 aliphatic rings. The van der Waals surface area contributed by atoms with Crippen LogP contribution in [0, 0.1) is 0 Å². The predicted octanol–water partition coefficient (Wildman–Crippen LogP) is 4.46. The van der Waals surface area contributed by atoms with Crippen LogP contribution in [0.15, 0.2) is 18.2 Å². The SMILES string of the molecule is CNCCCN(C)c1nc(Nc2ccc(OC)c(Cl)c2)nc(NC2CCCCCC2)n1. The zero-order valence-electron chi connectivity index (χ0n) is 18.7. The van der Waals surface area contributed by atoms with E-state index in [0.29, 0.717) is 34.7 Å². The number of halogens is 1. The quantitative estimate of drug-likeness (QED) is 0.363. The van der Waals surface area contributed by atoms with Crippen molar-refractivity contribution in [3.8, 4) is 5.75 Å². The van der Waals surface area contributed by atoms with E-state index in [0.717, 1.165) is 38.0 Å². The summed E-state index contributed by atoms with van der Waals surface area (Å²) in [5.74, 6) is 2.37. The van der Waals surface area contributed by atoms with Crippen LogP contribution in [0.4, 0.5) is 23.5 Å². The highest BCUT2D eigenvalue weighted by molar-refractivity contribution is 6.32. The van der Waals surface area contributed by atoms with Gasteiger partial charge in [-0.15, -0.1) is 0 Å². The zero-order chi connectivity index (χ0) is 22.1. The van der Waals surface area contributed by atoms with Crippen LogP contribution in [0.2, 0.25) is 5.02 Å². The molecule has 0 unspecified atom stereocenters. The van der Waals surface area contributed by atoms with Gasteiger partial charge in [0.2, 0.25) is 17.8 Å². The molecule has 2 aromatic rings. The second-order valence-corrected chi connectivity index (χ2v) is 8.38. The fraction of sp³-hybridized carbons (Fsp3) is 0.591. The molecule has 1 aromatic heterocycles. The summed E-state index contributed by atoms with van der Waals surface area (Å²) in [6, 6.07) is 5.92. The van der Waals surface area contributed by atoms with Gasteiger partial charge in [-0.2, -0.15) is 15.0 Å². The predicted molar refractivity (Wildman–Crippen MR) is 128 cm³/mol. The van der Waals surface area contributed by atoms with Crippen molar-refractivity contribution in [2.45, 2.75) is 51.0 Å². The second kappa shape index (κ2) is 11.9. The number of benzene rings is 1. The summed E-state index contributed by atoms with van der Waals surface area (Å²) in [5.41, 5.74) is 0.793. The highest BCUT2D eigenvalue weighted by Gasteiger charge is 2.16. The van der Waals surface area contributed by atoms with Crippen LogP contribution in [-0.2, 0) is 0 Å². The monoisotopic (exact) mass is 447 g/mol. The maximum atomic E-state index is 6.28. The molecule has 0 radical (unpaired) electrons. The summed E-state index contributed by atoms with van der Waals surface area (Å²) >= 11 is 6.28.